The molecule has 1 saturated heterocycles. The van der Waals surface area contributed by atoms with Crippen molar-refractivity contribution in [1.29, 1.82) is 0 Å². The van der Waals surface area contributed by atoms with Crippen molar-refractivity contribution in [2.45, 2.75) is 31.2 Å². The van der Waals surface area contributed by atoms with E-state index in [9.17, 15) is 32.5 Å². The zero-order valence-electron chi connectivity index (χ0n) is 19.9. The Balaban J connectivity index is 1.75. The van der Waals surface area contributed by atoms with Gasteiger partial charge in [-0.2, -0.15) is 0 Å². The van der Waals surface area contributed by atoms with Crippen LogP contribution in [-0.2, 0) is 30.8 Å². The summed E-state index contributed by atoms with van der Waals surface area (Å²) in [7, 11) is -4.49. The smallest absolute Gasteiger partial charge is 0.274 e. The number of halogens is 1. The highest BCUT2D eigenvalue weighted by Gasteiger charge is 2.70. The molecule has 2 amide bonds. The van der Waals surface area contributed by atoms with E-state index in [4.69, 9.17) is 0 Å². The molecule has 9 nitrogen and oxygen atoms in total. The molecule has 37 heavy (non-hydrogen) atoms. The molecular formula is C26H22FN3O6S. The normalized spacial score (nSPS) is 20.2. The first-order valence-corrected chi connectivity index (χ1v) is 13.1. The summed E-state index contributed by atoms with van der Waals surface area (Å²) in [6, 6.07) is 15.5. The maximum Gasteiger partial charge on any atom is 0.274 e. The number of fused-ring (bicyclic) bond motifs is 2. The van der Waals surface area contributed by atoms with Gasteiger partial charge in [0.05, 0.1) is 17.2 Å². The highest BCUT2D eigenvalue weighted by molar-refractivity contribution is 7.94. The van der Waals surface area contributed by atoms with E-state index in [1.165, 1.54) is 41.3 Å². The summed E-state index contributed by atoms with van der Waals surface area (Å²) in [5.74, 6) is -2.98. The summed E-state index contributed by atoms with van der Waals surface area (Å²) >= 11 is 0. The van der Waals surface area contributed by atoms with E-state index >= 15 is 0 Å². The number of carbonyl (C=O) groups is 2. The van der Waals surface area contributed by atoms with Crippen LogP contribution in [0.25, 0.3) is 0 Å². The van der Waals surface area contributed by atoms with Crippen molar-refractivity contribution in [2.24, 2.45) is 0 Å². The highest BCUT2D eigenvalue weighted by atomic mass is 32.2. The molecule has 1 unspecified atom stereocenters. The number of non-ortho nitro benzene ring substituents is 1. The van der Waals surface area contributed by atoms with Gasteiger partial charge in [-0.1, -0.05) is 38.1 Å². The first-order valence-electron chi connectivity index (χ1n) is 11.5. The topological polar surface area (TPSA) is 118 Å². The van der Waals surface area contributed by atoms with Crippen LogP contribution in [-0.4, -0.2) is 30.9 Å². The molecule has 5 rings (SSSR count). The first-order chi connectivity index (χ1) is 17.5. The summed E-state index contributed by atoms with van der Waals surface area (Å²) in [6.45, 7) is 3.83. The maximum absolute atomic E-state index is 14.2. The van der Waals surface area contributed by atoms with E-state index in [2.05, 4.69) is 0 Å². The Hall–Kier alpha value is -4.12. The van der Waals surface area contributed by atoms with Crippen LogP contribution in [0.1, 0.15) is 36.5 Å². The number of sulfone groups is 1. The summed E-state index contributed by atoms with van der Waals surface area (Å²) in [5, 5.41) is 11.6. The molecular weight excluding hydrogens is 501 g/mol. The van der Waals surface area contributed by atoms with Gasteiger partial charge in [-0.3, -0.25) is 24.6 Å². The van der Waals surface area contributed by atoms with Gasteiger partial charge in [0.2, 0.25) is 5.91 Å². The quantitative estimate of drug-likeness (QED) is 0.368. The summed E-state index contributed by atoms with van der Waals surface area (Å²) in [6.07, 6.45) is 0. The lowest BCUT2D eigenvalue weighted by Crippen LogP contribution is -2.54. The Morgan fingerprint density at radius 3 is 2.27 bits per heavy atom. The van der Waals surface area contributed by atoms with Crippen LogP contribution in [0.3, 0.4) is 0 Å². The zero-order valence-corrected chi connectivity index (χ0v) is 20.7. The van der Waals surface area contributed by atoms with Crippen LogP contribution in [0, 0.1) is 15.9 Å². The van der Waals surface area contributed by atoms with E-state index < -0.39 is 48.7 Å². The van der Waals surface area contributed by atoms with Crippen LogP contribution in [0.5, 0.6) is 0 Å². The number of nitrogens with zero attached hydrogens (tertiary/aromatic N) is 3. The molecule has 11 heteroatoms. The van der Waals surface area contributed by atoms with E-state index in [1.54, 1.807) is 24.3 Å². The summed E-state index contributed by atoms with van der Waals surface area (Å²) < 4.78 is 40.9. The number of rotatable bonds is 5. The molecule has 2 heterocycles. The number of amides is 2. The molecule has 2 aliphatic heterocycles. The third-order valence-electron chi connectivity index (χ3n) is 6.78. The number of hydrogen-bond acceptors (Lipinski definition) is 6. The lowest BCUT2D eigenvalue weighted by molar-refractivity contribution is -0.384. The minimum Gasteiger partial charge on any atom is -0.304 e. The van der Waals surface area contributed by atoms with Gasteiger partial charge in [-0.25, -0.2) is 12.8 Å². The van der Waals surface area contributed by atoms with Gasteiger partial charge >= 0.3 is 0 Å². The van der Waals surface area contributed by atoms with E-state index in [1.807, 2.05) is 13.8 Å². The van der Waals surface area contributed by atoms with Crippen LogP contribution in [0.4, 0.5) is 21.5 Å². The van der Waals surface area contributed by atoms with Crippen molar-refractivity contribution in [3.8, 4) is 0 Å². The van der Waals surface area contributed by atoms with Gasteiger partial charge < -0.3 is 4.90 Å². The average Bonchev–Trinajstić information content (AvgIpc) is 3.22. The van der Waals surface area contributed by atoms with Gasteiger partial charge in [0.25, 0.3) is 16.5 Å². The van der Waals surface area contributed by atoms with E-state index in [0.717, 1.165) is 16.5 Å². The third kappa shape index (κ3) is 3.60. The molecule has 0 radical (unpaired) electrons. The lowest BCUT2D eigenvalue weighted by atomic mass is 10.0. The van der Waals surface area contributed by atoms with Crippen LogP contribution < -0.4 is 9.80 Å². The molecule has 190 valence electrons. The SMILES string of the molecule is CC(C)c1ccc(N2C(=O)CS(=O)(=O)C23C(=O)N(Cc2ccc(F)cc2)c2ccc([N+](=O)[O-])cc23)cc1. The third-order valence-corrected chi connectivity index (χ3v) is 8.89. The Labute approximate surface area is 212 Å². The molecule has 0 aromatic heterocycles. The molecule has 1 atom stereocenters. The molecule has 0 aliphatic carbocycles. The summed E-state index contributed by atoms with van der Waals surface area (Å²) in [5.41, 5.74) is 1.18. The second-order valence-electron chi connectivity index (χ2n) is 9.35. The van der Waals surface area contributed by atoms with Crippen molar-refractivity contribution in [3.05, 3.63) is 99.4 Å². The predicted molar refractivity (Wildman–Crippen MR) is 134 cm³/mol. The first kappa shape index (κ1) is 24.6. The second-order valence-corrected chi connectivity index (χ2v) is 11.5. The van der Waals surface area contributed by atoms with Crippen molar-refractivity contribution >= 4 is 38.7 Å². The summed E-state index contributed by atoms with van der Waals surface area (Å²) in [4.78, 5) is 38.0. The minimum atomic E-state index is -4.49. The molecule has 1 fully saturated rings. The van der Waals surface area contributed by atoms with Gasteiger partial charge in [0.15, 0.2) is 9.84 Å². The molecule has 0 saturated carbocycles. The molecule has 0 bridgehead atoms. The number of hydrogen-bond donors (Lipinski definition) is 0. The van der Waals surface area contributed by atoms with Gasteiger partial charge in [-0.05, 0) is 47.4 Å². The average molecular weight is 524 g/mol. The second kappa shape index (κ2) is 8.48. The van der Waals surface area contributed by atoms with Gasteiger partial charge in [0, 0.05) is 23.4 Å². The standard InChI is InChI=1S/C26H22FN3O6S/c1-16(2)18-5-9-20(10-6-18)29-24(31)15-37(35,36)26(29)22-13-21(30(33)34)11-12-23(22)28(25(26)32)14-17-3-7-19(27)8-4-17/h3-13,16H,14-15H2,1-2H3. The molecule has 3 aromatic rings. The fourth-order valence-electron chi connectivity index (χ4n) is 4.98. The largest absolute Gasteiger partial charge is 0.304 e. The maximum atomic E-state index is 14.2. The van der Waals surface area contributed by atoms with Crippen LogP contribution in [0.2, 0.25) is 0 Å². The predicted octanol–water partition coefficient (Wildman–Crippen LogP) is 4.02. The highest BCUT2D eigenvalue weighted by Crippen LogP contribution is 2.53. The van der Waals surface area contributed by atoms with Crippen LogP contribution >= 0.6 is 0 Å². The monoisotopic (exact) mass is 523 g/mol. The Bertz CT molecular complexity index is 1550. The minimum absolute atomic E-state index is 0.127. The van der Waals surface area contributed by atoms with Crippen molar-refractivity contribution in [3.63, 3.8) is 0 Å². The fourth-order valence-corrected chi connectivity index (χ4v) is 7.00. The van der Waals surface area contributed by atoms with Gasteiger partial charge in [-0.15, -0.1) is 0 Å². The zero-order chi connectivity index (χ0) is 26.7. The molecule has 2 aliphatic rings. The Morgan fingerprint density at radius 2 is 1.68 bits per heavy atom. The molecule has 0 N–H and O–H groups in total. The van der Waals surface area contributed by atoms with E-state index in [0.29, 0.717) is 5.56 Å². The van der Waals surface area contributed by atoms with Gasteiger partial charge in [0.1, 0.15) is 11.6 Å². The lowest BCUT2D eigenvalue weighted by Gasteiger charge is -2.32. The Morgan fingerprint density at radius 1 is 1.03 bits per heavy atom. The van der Waals surface area contributed by atoms with Crippen molar-refractivity contribution in [1.82, 2.24) is 0 Å². The molecule has 3 aromatic carbocycles. The fraction of sp³-hybridized carbons (Fsp3) is 0.231. The number of nitro benzene ring substituents is 1. The van der Waals surface area contributed by atoms with E-state index in [-0.39, 0.29) is 29.4 Å². The van der Waals surface area contributed by atoms with Crippen molar-refractivity contribution < 1.29 is 27.3 Å². The number of carbonyl (C=O) groups excluding carboxylic acids is 2. The number of benzene rings is 3. The number of anilines is 2. The Kier molecular flexibility index (Phi) is 5.63. The van der Waals surface area contributed by atoms with Crippen molar-refractivity contribution in [2.75, 3.05) is 15.6 Å². The number of nitro groups is 1. The molecule has 1 spiro atoms. The van der Waals surface area contributed by atoms with Crippen LogP contribution in [0.15, 0.2) is 66.7 Å².